The number of hydrogen-bond acceptors (Lipinski definition) is 2. The van der Waals surface area contributed by atoms with E-state index >= 15 is 0 Å². The lowest BCUT2D eigenvalue weighted by molar-refractivity contribution is 0.714. The number of anilines is 2. The van der Waals surface area contributed by atoms with Crippen molar-refractivity contribution in [2.45, 2.75) is 25.8 Å². The van der Waals surface area contributed by atoms with Crippen LogP contribution in [0, 0.1) is 0 Å². The third-order valence-corrected chi connectivity index (χ3v) is 4.59. The van der Waals surface area contributed by atoms with Gasteiger partial charge in [0.25, 0.3) is 0 Å². The molecule has 1 aliphatic heterocycles. The van der Waals surface area contributed by atoms with E-state index in [0.717, 1.165) is 25.1 Å². The van der Waals surface area contributed by atoms with Gasteiger partial charge < -0.3 is 10.6 Å². The van der Waals surface area contributed by atoms with Gasteiger partial charge in [0.05, 0.1) is 15.7 Å². The molecule has 2 aromatic carbocycles. The van der Waals surface area contributed by atoms with Crippen molar-refractivity contribution in [2.24, 2.45) is 0 Å². The molecular formula is C17H18Cl2N2. The molecule has 1 heterocycles. The van der Waals surface area contributed by atoms with Crippen LogP contribution in [0.1, 0.15) is 24.0 Å². The normalized spacial score (nSPS) is 14.7. The van der Waals surface area contributed by atoms with Crippen LogP contribution in [0.5, 0.6) is 0 Å². The smallest absolute Gasteiger partial charge is 0.0693 e. The Morgan fingerprint density at radius 3 is 2.52 bits per heavy atom. The average molecular weight is 321 g/mol. The highest BCUT2D eigenvalue weighted by Gasteiger charge is 2.16. The van der Waals surface area contributed by atoms with Gasteiger partial charge in [-0.05, 0) is 48.6 Å². The number of halogens is 2. The minimum absolute atomic E-state index is 0.457. The first-order chi connectivity index (χ1) is 10.1. The molecule has 4 heteroatoms. The summed E-state index contributed by atoms with van der Waals surface area (Å²) < 4.78 is 0. The predicted molar refractivity (Wildman–Crippen MR) is 91.3 cm³/mol. The molecule has 0 bridgehead atoms. The van der Waals surface area contributed by atoms with Gasteiger partial charge >= 0.3 is 0 Å². The molecule has 2 aromatic rings. The minimum atomic E-state index is 0.457. The van der Waals surface area contributed by atoms with Crippen molar-refractivity contribution in [3.8, 4) is 0 Å². The van der Waals surface area contributed by atoms with E-state index in [1.165, 1.54) is 24.1 Å². The summed E-state index contributed by atoms with van der Waals surface area (Å²) >= 11 is 12.3. The van der Waals surface area contributed by atoms with E-state index in [2.05, 4.69) is 29.2 Å². The number of hydrogen-bond donors (Lipinski definition) is 1. The molecule has 0 radical (unpaired) electrons. The molecule has 2 nitrogen and oxygen atoms in total. The van der Waals surface area contributed by atoms with Crippen LogP contribution in [0.2, 0.25) is 10.0 Å². The Kier molecular flexibility index (Phi) is 4.27. The van der Waals surface area contributed by atoms with E-state index in [9.17, 15) is 0 Å². The molecule has 1 aliphatic rings. The second-order valence-corrected chi connectivity index (χ2v) is 6.29. The van der Waals surface area contributed by atoms with E-state index in [4.69, 9.17) is 28.9 Å². The van der Waals surface area contributed by atoms with Crippen LogP contribution in [0.25, 0.3) is 0 Å². The second kappa shape index (κ2) is 6.17. The van der Waals surface area contributed by atoms with Crippen LogP contribution in [0.15, 0.2) is 36.4 Å². The summed E-state index contributed by atoms with van der Waals surface area (Å²) in [7, 11) is 0. The first-order valence-corrected chi connectivity index (χ1v) is 7.97. The van der Waals surface area contributed by atoms with E-state index < -0.39 is 0 Å². The van der Waals surface area contributed by atoms with Gasteiger partial charge in [0.15, 0.2) is 0 Å². The Hall–Kier alpha value is -1.38. The summed E-state index contributed by atoms with van der Waals surface area (Å²) in [5.41, 5.74) is 10.1. The van der Waals surface area contributed by atoms with Gasteiger partial charge in [0.1, 0.15) is 0 Å². The van der Waals surface area contributed by atoms with Crippen molar-refractivity contribution >= 4 is 34.6 Å². The fourth-order valence-corrected chi connectivity index (χ4v) is 3.41. The zero-order valence-corrected chi connectivity index (χ0v) is 13.3. The number of benzene rings is 2. The maximum atomic E-state index is 6.14. The van der Waals surface area contributed by atoms with Gasteiger partial charge in [-0.25, -0.2) is 0 Å². The van der Waals surface area contributed by atoms with Crippen LogP contribution in [0.4, 0.5) is 11.4 Å². The van der Waals surface area contributed by atoms with Crippen molar-refractivity contribution in [1.82, 2.24) is 0 Å². The molecule has 0 atom stereocenters. The first-order valence-electron chi connectivity index (χ1n) is 7.21. The molecule has 3 rings (SSSR count). The Balaban J connectivity index is 1.91. The minimum Gasteiger partial charge on any atom is -0.396 e. The molecule has 2 N–H and O–H groups in total. The zero-order valence-electron chi connectivity index (χ0n) is 11.8. The molecule has 0 unspecified atom stereocenters. The summed E-state index contributed by atoms with van der Waals surface area (Å²) in [6.07, 6.45) is 3.58. The predicted octanol–water partition coefficient (Wildman–Crippen LogP) is 4.92. The maximum absolute atomic E-state index is 6.14. The van der Waals surface area contributed by atoms with Gasteiger partial charge in [0.2, 0.25) is 0 Å². The Labute approximate surface area is 135 Å². The number of rotatable bonds is 2. The lowest BCUT2D eigenvalue weighted by atomic mass is 10.1. The molecule has 0 aliphatic carbocycles. The standard InChI is InChI=1S/C17H18Cl2N2/c18-14-9-12(10-15(19)17(14)20)11-21-8-4-3-6-13-5-1-2-7-16(13)21/h1-2,5,7,9-10H,3-4,6,8,11,20H2. The van der Waals surface area contributed by atoms with Gasteiger partial charge in [0, 0.05) is 18.8 Å². The maximum Gasteiger partial charge on any atom is 0.0693 e. The first kappa shape index (κ1) is 14.6. The molecule has 21 heavy (non-hydrogen) atoms. The summed E-state index contributed by atoms with van der Waals surface area (Å²) in [6.45, 7) is 1.85. The molecule has 0 saturated heterocycles. The molecule has 0 saturated carbocycles. The molecule has 0 spiro atoms. The molecule has 110 valence electrons. The number of aryl methyl sites for hydroxylation is 1. The topological polar surface area (TPSA) is 29.3 Å². The van der Waals surface area contributed by atoms with Crippen molar-refractivity contribution in [2.75, 3.05) is 17.2 Å². The highest BCUT2D eigenvalue weighted by Crippen LogP contribution is 2.32. The summed E-state index contributed by atoms with van der Waals surface area (Å²) in [5.74, 6) is 0. The Morgan fingerprint density at radius 1 is 1.05 bits per heavy atom. The van der Waals surface area contributed by atoms with Gasteiger partial charge in [-0.1, -0.05) is 41.4 Å². The van der Waals surface area contributed by atoms with Crippen LogP contribution in [-0.2, 0) is 13.0 Å². The van der Waals surface area contributed by atoms with E-state index in [1.807, 2.05) is 12.1 Å². The summed E-state index contributed by atoms with van der Waals surface area (Å²) in [5, 5.41) is 1.06. The monoisotopic (exact) mass is 320 g/mol. The molecule has 0 fully saturated rings. The largest absolute Gasteiger partial charge is 0.396 e. The lowest BCUT2D eigenvalue weighted by Crippen LogP contribution is -2.23. The fourth-order valence-electron chi connectivity index (χ4n) is 2.88. The SMILES string of the molecule is Nc1c(Cl)cc(CN2CCCCc3ccccc32)cc1Cl. The van der Waals surface area contributed by atoms with Gasteiger partial charge in [-0.2, -0.15) is 0 Å². The lowest BCUT2D eigenvalue weighted by Gasteiger charge is -2.25. The zero-order chi connectivity index (χ0) is 14.8. The van der Waals surface area contributed by atoms with Crippen LogP contribution < -0.4 is 10.6 Å². The third-order valence-electron chi connectivity index (χ3n) is 3.97. The highest BCUT2D eigenvalue weighted by molar-refractivity contribution is 6.38. The second-order valence-electron chi connectivity index (χ2n) is 5.48. The van der Waals surface area contributed by atoms with Gasteiger partial charge in [-0.3, -0.25) is 0 Å². The average Bonchev–Trinajstić information content (AvgIpc) is 2.67. The Morgan fingerprint density at radius 2 is 1.76 bits per heavy atom. The van der Waals surface area contributed by atoms with E-state index in [0.29, 0.717) is 15.7 Å². The van der Waals surface area contributed by atoms with Crippen molar-refractivity contribution < 1.29 is 0 Å². The van der Waals surface area contributed by atoms with Crippen LogP contribution >= 0.6 is 23.2 Å². The molecule has 0 amide bonds. The number of nitrogens with zero attached hydrogens (tertiary/aromatic N) is 1. The number of para-hydroxylation sites is 1. The summed E-state index contributed by atoms with van der Waals surface area (Å²) in [4.78, 5) is 2.40. The number of fused-ring (bicyclic) bond motifs is 1. The van der Waals surface area contributed by atoms with Crippen molar-refractivity contribution in [1.29, 1.82) is 0 Å². The molecular weight excluding hydrogens is 303 g/mol. The van der Waals surface area contributed by atoms with E-state index in [1.54, 1.807) is 0 Å². The van der Waals surface area contributed by atoms with Crippen LogP contribution in [0.3, 0.4) is 0 Å². The fraction of sp³-hybridized carbons (Fsp3) is 0.294. The quantitative estimate of drug-likeness (QED) is 0.796. The number of nitrogen functional groups attached to an aromatic ring is 1. The number of nitrogens with two attached hydrogens (primary N) is 1. The van der Waals surface area contributed by atoms with E-state index in [-0.39, 0.29) is 0 Å². The third kappa shape index (κ3) is 3.12. The Bertz CT molecular complexity index is 632. The van der Waals surface area contributed by atoms with Gasteiger partial charge in [-0.15, -0.1) is 0 Å². The van der Waals surface area contributed by atoms with Crippen LogP contribution in [-0.4, -0.2) is 6.54 Å². The van der Waals surface area contributed by atoms with Crippen molar-refractivity contribution in [3.05, 3.63) is 57.6 Å². The highest BCUT2D eigenvalue weighted by atomic mass is 35.5. The van der Waals surface area contributed by atoms with Crippen molar-refractivity contribution in [3.63, 3.8) is 0 Å². The molecule has 0 aromatic heterocycles. The summed E-state index contributed by atoms with van der Waals surface area (Å²) in [6, 6.07) is 12.4.